The Bertz CT molecular complexity index is 656. The first-order valence-corrected chi connectivity index (χ1v) is 8.09. The van der Waals surface area contributed by atoms with Crippen LogP contribution < -0.4 is 10.6 Å². The van der Waals surface area contributed by atoms with Crippen LogP contribution >= 0.6 is 24.8 Å². The molecule has 1 heterocycles. The second kappa shape index (κ2) is 11.1. The van der Waals surface area contributed by atoms with Gasteiger partial charge in [-0.05, 0) is 64.5 Å². The number of benzene rings is 1. The number of hydrogen-bond donors (Lipinski definition) is 2. The molecule has 1 aromatic heterocycles. The van der Waals surface area contributed by atoms with E-state index >= 15 is 0 Å². The van der Waals surface area contributed by atoms with Gasteiger partial charge in [0.1, 0.15) is 0 Å². The van der Waals surface area contributed by atoms with E-state index in [0.29, 0.717) is 6.42 Å². The average molecular weight is 387 g/mol. The van der Waals surface area contributed by atoms with E-state index in [-0.39, 0.29) is 36.8 Å². The highest BCUT2D eigenvalue weighted by atomic mass is 35.5. The summed E-state index contributed by atoms with van der Waals surface area (Å²) in [5.74, 6) is 0.0929. The predicted octanol–water partition coefficient (Wildman–Crippen LogP) is 3.51. The van der Waals surface area contributed by atoms with Crippen LogP contribution in [0.25, 0.3) is 5.69 Å². The number of rotatable bonds is 7. The summed E-state index contributed by atoms with van der Waals surface area (Å²) in [6, 6.07) is 10.2. The summed E-state index contributed by atoms with van der Waals surface area (Å²) in [5.41, 5.74) is 4.25. The van der Waals surface area contributed by atoms with E-state index in [1.165, 1.54) is 0 Å². The molecule has 0 aliphatic rings. The maximum absolute atomic E-state index is 11.9. The molecule has 140 valence electrons. The van der Waals surface area contributed by atoms with E-state index in [9.17, 15) is 4.79 Å². The fourth-order valence-electron chi connectivity index (χ4n) is 2.62. The third kappa shape index (κ3) is 6.69. The predicted molar refractivity (Wildman–Crippen MR) is 107 cm³/mol. The smallest absolute Gasteiger partial charge is 0.220 e. The second-order valence-electron chi connectivity index (χ2n) is 5.93. The van der Waals surface area contributed by atoms with E-state index in [4.69, 9.17) is 0 Å². The van der Waals surface area contributed by atoms with E-state index in [2.05, 4.69) is 21.8 Å². The van der Waals surface area contributed by atoms with Crippen LogP contribution in [0.1, 0.15) is 42.8 Å². The van der Waals surface area contributed by atoms with Crippen LogP contribution in [0.2, 0.25) is 0 Å². The Morgan fingerprint density at radius 3 is 2.36 bits per heavy atom. The minimum Gasteiger partial charge on any atom is -0.350 e. The molecular formula is C18H28Cl2N4O. The Labute approximate surface area is 162 Å². The van der Waals surface area contributed by atoms with E-state index in [1.807, 2.05) is 56.8 Å². The van der Waals surface area contributed by atoms with Crippen molar-refractivity contribution in [3.63, 3.8) is 0 Å². The van der Waals surface area contributed by atoms with Gasteiger partial charge in [-0.1, -0.05) is 12.1 Å². The maximum atomic E-state index is 11.9. The monoisotopic (exact) mass is 386 g/mol. The molecule has 7 heteroatoms. The lowest BCUT2D eigenvalue weighted by molar-refractivity contribution is -0.121. The molecule has 1 aromatic carbocycles. The Kier molecular flexibility index (Phi) is 10.4. The number of nitrogens with zero attached hydrogens (tertiary/aromatic N) is 2. The van der Waals surface area contributed by atoms with Crippen molar-refractivity contribution in [2.24, 2.45) is 0 Å². The van der Waals surface area contributed by atoms with E-state index < -0.39 is 0 Å². The zero-order chi connectivity index (χ0) is 16.8. The number of nitrogens with one attached hydrogen (secondary N) is 2. The molecule has 1 atom stereocenters. The quantitative estimate of drug-likeness (QED) is 0.715. The van der Waals surface area contributed by atoms with Gasteiger partial charge in [0.05, 0.1) is 17.4 Å². The fourth-order valence-corrected chi connectivity index (χ4v) is 2.62. The Balaban J connectivity index is 0.00000288. The van der Waals surface area contributed by atoms with Crippen LogP contribution in [0, 0.1) is 13.8 Å². The van der Waals surface area contributed by atoms with E-state index in [0.717, 1.165) is 35.6 Å². The number of aromatic nitrogens is 2. The maximum Gasteiger partial charge on any atom is 0.220 e. The van der Waals surface area contributed by atoms with Crippen LogP contribution in [0.15, 0.2) is 30.3 Å². The van der Waals surface area contributed by atoms with Gasteiger partial charge in [-0.15, -0.1) is 24.8 Å². The van der Waals surface area contributed by atoms with Crippen molar-refractivity contribution in [3.05, 3.63) is 47.3 Å². The molecule has 0 aliphatic carbocycles. The van der Waals surface area contributed by atoms with Crippen LogP contribution in [-0.2, 0) is 4.79 Å². The molecular weight excluding hydrogens is 359 g/mol. The zero-order valence-corrected chi connectivity index (χ0v) is 16.8. The summed E-state index contributed by atoms with van der Waals surface area (Å²) in [4.78, 5) is 11.9. The molecule has 1 amide bonds. The lowest BCUT2D eigenvalue weighted by Gasteiger charge is -2.15. The summed E-state index contributed by atoms with van der Waals surface area (Å²) in [6.07, 6.45) is 1.40. The third-order valence-corrected chi connectivity index (χ3v) is 3.86. The zero-order valence-electron chi connectivity index (χ0n) is 15.2. The van der Waals surface area contributed by atoms with Crippen molar-refractivity contribution in [1.82, 2.24) is 20.4 Å². The van der Waals surface area contributed by atoms with E-state index in [1.54, 1.807) is 0 Å². The molecule has 5 nitrogen and oxygen atoms in total. The van der Waals surface area contributed by atoms with Crippen LogP contribution in [0.4, 0.5) is 0 Å². The average Bonchev–Trinajstić information content (AvgIpc) is 2.86. The SMILES string of the molecule is CNCCCC(=O)NC(C)c1ccc(-n2nc(C)cc2C)cc1.Cl.Cl. The number of carbonyl (C=O) groups is 1. The Hall–Kier alpha value is -1.56. The highest BCUT2D eigenvalue weighted by Gasteiger charge is 2.10. The third-order valence-electron chi connectivity index (χ3n) is 3.86. The van der Waals surface area contributed by atoms with Gasteiger partial charge in [0, 0.05) is 12.1 Å². The number of halogens is 2. The Morgan fingerprint density at radius 2 is 1.84 bits per heavy atom. The molecule has 0 saturated heterocycles. The summed E-state index contributed by atoms with van der Waals surface area (Å²) in [6.45, 7) is 6.90. The number of aryl methyl sites for hydroxylation is 2. The summed E-state index contributed by atoms with van der Waals surface area (Å²) in [5, 5.41) is 10.6. The summed E-state index contributed by atoms with van der Waals surface area (Å²) < 4.78 is 1.93. The van der Waals surface area contributed by atoms with Crippen molar-refractivity contribution in [2.45, 2.75) is 39.7 Å². The number of carbonyl (C=O) groups excluding carboxylic acids is 1. The Morgan fingerprint density at radius 1 is 1.20 bits per heavy atom. The van der Waals surface area contributed by atoms with Crippen molar-refractivity contribution in [2.75, 3.05) is 13.6 Å². The lowest BCUT2D eigenvalue weighted by atomic mass is 10.1. The molecule has 2 rings (SSSR count). The second-order valence-corrected chi connectivity index (χ2v) is 5.93. The van der Waals surface area contributed by atoms with Crippen LogP contribution in [-0.4, -0.2) is 29.3 Å². The van der Waals surface area contributed by atoms with Gasteiger partial charge in [-0.25, -0.2) is 4.68 Å². The molecule has 25 heavy (non-hydrogen) atoms. The van der Waals surface area contributed by atoms with Gasteiger partial charge >= 0.3 is 0 Å². The van der Waals surface area contributed by atoms with Crippen molar-refractivity contribution >= 4 is 30.7 Å². The summed E-state index contributed by atoms with van der Waals surface area (Å²) >= 11 is 0. The number of amides is 1. The highest BCUT2D eigenvalue weighted by Crippen LogP contribution is 2.17. The molecule has 2 N–H and O–H groups in total. The highest BCUT2D eigenvalue weighted by molar-refractivity contribution is 5.85. The van der Waals surface area contributed by atoms with Gasteiger partial charge in [0.2, 0.25) is 5.91 Å². The van der Waals surface area contributed by atoms with Crippen LogP contribution in [0.5, 0.6) is 0 Å². The van der Waals surface area contributed by atoms with Gasteiger partial charge < -0.3 is 10.6 Å². The topological polar surface area (TPSA) is 59.0 Å². The van der Waals surface area contributed by atoms with Crippen LogP contribution in [0.3, 0.4) is 0 Å². The first-order valence-electron chi connectivity index (χ1n) is 8.09. The van der Waals surface area contributed by atoms with Gasteiger partial charge in [-0.3, -0.25) is 4.79 Å². The molecule has 0 fully saturated rings. The molecule has 0 aliphatic heterocycles. The molecule has 1 unspecified atom stereocenters. The minimum atomic E-state index is 0. The normalized spacial score (nSPS) is 11.2. The molecule has 0 saturated carbocycles. The standard InChI is InChI=1S/C18H26N4O.2ClH/c1-13-12-14(2)22(21-13)17-9-7-16(8-10-17)15(3)20-18(23)6-5-11-19-4;;/h7-10,12,15,19H,5-6,11H2,1-4H3,(H,20,23);2*1H. The first-order chi connectivity index (χ1) is 11.0. The molecule has 0 bridgehead atoms. The molecule has 0 spiro atoms. The number of hydrogen-bond acceptors (Lipinski definition) is 3. The summed E-state index contributed by atoms with van der Waals surface area (Å²) in [7, 11) is 1.89. The molecule has 0 radical (unpaired) electrons. The van der Waals surface area contributed by atoms with Crippen molar-refractivity contribution in [1.29, 1.82) is 0 Å². The lowest BCUT2D eigenvalue weighted by Crippen LogP contribution is -2.27. The largest absolute Gasteiger partial charge is 0.350 e. The first kappa shape index (κ1) is 23.4. The van der Waals surface area contributed by atoms with Crippen molar-refractivity contribution < 1.29 is 4.79 Å². The van der Waals surface area contributed by atoms with Gasteiger partial charge in [0.15, 0.2) is 0 Å². The minimum absolute atomic E-state index is 0. The molecule has 2 aromatic rings. The van der Waals surface area contributed by atoms with Gasteiger partial charge in [-0.2, -0.15) is 5.10 Å². The van der Waals surface area contributed by atoms with Crippen molar-refractivity contribution in [3.8, 4) is 5.69 Å². The van der Waals surface area contributed by atoms with Gasteiger partial charge in [0.25, 0.3) is 0 Å². The fraction of sp³-hybridized carbons (Fsp3) is 0.444.